The third kappa shape index (κ3) is 6.05. The fourth-order valence-corrected chi connectivity index (χ4v) is 9.51. The van der Waals surface area contributed by atoms with Gasteiger partial charge in [-0.1, -0.05) is 140 Å². The molecule has 0 spiro atoms. The molecule has 304 valence electrons. The predicted molar refractivity (Wildman–Crippen MR) is 265 cm³/mol. The van der Waals surface area contributed by atoms with Crippen LogP contribution in [0.4, 0.5) is 0 Å². The van der Waals surface area contributed by atoms with Gasteiger partial charge in [-0.05, 0) is 84.9 Å². The molecule has 0 unspecified atom stereocenters. The molecule has 13 aromatic rings. The smallest absolute Gasteiger partial charge is 0.164 e. The molecule has 7 heteroatoms. The minimum absolute atomic E-state index is 0.619. The average Bonchev–Trinajstić information content (AvgIpc) is 4.04. The van der Waals surface area contributed by atoms with Gasteiger partial charge >= 0.3 is 0 Å². The van der Waals surface area contributed by atoms with Crippen LogP contribution in [-0.4, -0.2) is 33.6 Å². The summed E-state index contributed by atoms with van der Waals surface area (Å²) < 4.78 is 7.08. The number of benzene rings is 9. The van der Waals surface area contributed by atoms with Crippen LogP contribution in [0.25, 0.3) is 117 Å². The largest absolute Gasteiger partial charge is 0.309 e. The second-order valence-electron chi connectivity index (χ2n) is 16.3. The molecule has 0 atom stereocenters. The number of para-hydroxylation sites is 4. The first-order chi connectivity index (χ1) is 32.2. The van der Waals surface area contributed by atoms with Crippen LogP contribution < -0.4 is 0 Å². The second kappa shape index (κ2) is 14.9. The molecule has 0 N–H and O–H groups in total. The van der Waals surface area contributed by atoms with Gasteiger partial charge in [0.05, 0.1) is 33.1 Å². The summed E-state index contributed by atoms with van der Waals surface area (Å²) in [6, 6.07) is 78.7. The first kappa shape index (κ1) is 36.7. The van der Waals surface area contributed by atoms with Crippen LogP contribution in [0.3, 0.4) is 0 Å². The summed E-state index contributed by atoms with van der Waals surface area (Å²) in [4.78, 5) is 20.4. The number of aromatic nitrogens is 7. The minimum Gasteiger partial charge on any atom is -0.309 e. The van der Waals surface area contributed by atoms with Crippen molar-refractivity contribution in [2.24, 2.45) is 0 Å². The molecule has 0 radical (unpaired) electrons. The first-order valence-corrected chi connectivity index (χ1v) is 21.8. The van der Waals surface area contributed by atoms with Crippen molar-refractivity contribution >= 4 is 54.6 Å². The zero-order valence-corrected chi connectivity index (χ0v) is 35.0. The zero-order valence-electron chi connectivity index (χ0n) is 35.0. The van der Waals surface area contributed by atoms with Gasteiger partial charge < -0.3 is 9.13 Å². The van der Waals surface area contributed by atoms with Crippen molar-refractivity contribution in [1.29, 1.82) is 0 Å². The van der Waals surface area contributed by atoms with E-state index in [-0.39, 0.29) is 0 Å². The summed E-state index contributed by atoms with van der Waals surface area (Å²) in [5, 5.41) is 4.54. The standard InChI is InChI=1S/C58H37N7/c1-6-18-38(19-7-1)55-60-56(39-20-8-2-9-21-39)62-57(61-55)41-30-32-50-45(34-41)47-36-48-46-35-44(65-52-29-17-16-28-49(52)59-58(65)40-22-10-3-11-23-40)31-33-51(46)64(43-26-14-5-15-27-43)54(48)37-53(47)63(50)42-24-12-4-13-25-42/h1-37H. The summed E-state index contributed by atoms with van der Waals surface area (Å²) in [6.07, 6.45) is 0. The molecule has 0 saturated heterocycles. The fourth-order valence-electron chi connectivity index (χ4n) is 9.51. The maximum Gasteiger partial charge on any atom is 0.164 e. The number of nitrogens with zero attached hydrogens (tertiary/aromatic N) is 7. The first-order valence-electron chi connectivity index (χ1n) is 21.8. The van der Waals surface area contributed by atoms with E-state index in [4.69, 9.17) is 19.9 Å². The van der Waals surface area contributed by atoms with Crippen molar-refractivity contribution in [2.75, 3.05) is 0 Å². The van der Waals surface area contributed by atoms with Crippen molar-refractivity contribution in [1.82, 2.24) is 33.6 Å². The van der Waals surface area contributed by atoms with Gasteiger partial charge in [0.25, 0.3) is 0 Å². The van der Waals surface area contributed by atoms with Gasteiger partial charge in [-0.2, -0.15) is 0 Å². The average molecular weight is 832 g/mol. The van der Waals surface area contributed by atoms with Crippen molar-refractivity contribution in [3.8, 4) is 62.6 Å². The lowest BCUT2D eigenvalue weighted by atomic mass is 10.1. The van der Waals surface area contributed by atoms with Gasteiger partial charge in [0, 0.05) is 60.9 Å². The van der Waals surface area contributed by atoms with E-state index in [1.807, 2.05) is 66.7 Å². The van der Waals surface area contributed by atoms with Crippen molar-refractivity contribution in [3.05, 3.63) is 224 Å². The second-order valence-corrected chi connectivity index (χ2v) is 16.3. The van der Waals surface area contributed by atoms with Crippen LogP contribution in [-0.2, 0) is 0 Å². The maximum atomic E-state index is 5.18. The van der Waals surface area contributed by atoms with Crippen molar-refractivity contribution in [2.45, 2.75) is 0 Å². The number of hydrogen-bond donors (Lipinski definition) is 0. The molecule has 4 heterocycles. The van der Waals surface area contributed by atoms with Gasteiger partial charge in [-0.25, -0.2) is 19.9 Å². The van der Waals surface area contributed by atoms with Gasteiger partial charge in [0.2, 0.25) is 0 Å². The molecule has 13 rings (SSSR count). The Labute approximate surface area is 373 Å². The van der Waals surface area contributed by atoms with Gasteiger partial charge in [0.15, 0.2) is 17.5 Å². The van der Waals surface area contributed by atoms with E-state index in [0.29, 0.717) is 17.5 Å². The van der Waals surface area contributed by atoms with Crippen LogP contribution in [0, 0.1) is 0 Å². The molecule has 65 heavy (non-hydrogen) atoms. The van der Waals surface area contributed by atoms with Crippen LogP contribution in [0.5, 0.6) is 0 Å². The Kier molecular flexibility index (Phi) is 8.39. The molecule has 0 amide bonds. The molecule has 0 aliphatic rings. The van der Waals surface area contributed by atoms with E-state index in [9.17, 15) is 0 Å². The SMILES string of the molecule is c1ccc(-c2nc(-c3ccccc3)nc(-c3ccc4c(c3)c3cc5c6cc(-n7c(-c8ccccc8)nc8ccccc87)ccc6n(-c6ccccc6)c5cc3n4-c3ccccc3)n2)cc1. The molecule has 7 nitrogen and oxygen atoms in total. The highest BCUT2D eigenvalue weighted by Crippen LogP contribution is 2.42. The monoisotopic (exact) mass is 831 g/mol. The Morgan fingerprint density at radius 2 is 0.692 bits per heavy atom. The molecule has 0 bridgehead atoms. The molecule has 0 fully saturated rings. The number of hydrogen-bond acceptors (Lipinski definition) is 4. The van der Waals surface area contributed by atoms with Crippen molar-refractivity contribution < 1.29 is 0 Å². The van der Waals surface area contributed by atoms with Crippen LogP contribution >= 0.6 is 0 Å². The normalized spacial score (nSPS) is 11.7. The minimum atomic E-state index is 0.619. The Bertz CT molecular complexity index is 3850. The summed E-state index contributed by atoms with van der Waals surface area (Å²) >= 11 is 0. The highest BCUT2D eigenvalue weighted by atomic mass is 15.1. The van der Waals surface area contributed by atoms with Gasteiger partial charge in [-0.15, -0.1) is 0 Å². The molecule has 0 saturated carbocycles. The third-order valence-corrected chi connectivity index (χ3v) is 12.5. The topological polar surface area (TPSA) is 66.3 Å². The van der Waals surface area contributed by atoms with E-state index in [2.05, 4.69) is 171 Å². The summed E-state index contributed by atoms with van der Waals surface area (Å²) in [5.74, 6) is 2.79. The predicted octanol–water partition coefficient (Wildman–Crippen LogP) is 14.1. The Balaban J connectivity index is 1.10. The Hall–Kier alpha value is -8.94. The van der Waals surface area contributed by atoms with E-state index in [1.165, 1.54) is 0 Å². The summed E-state index contributed by atoms with van der Waals surface area (Å²) in [5.41, 5.74) is 13.5. The molecule has 4 aromatic heterocycles. The van der Waals surface area contributed by atoms with Crippen LogP contribution in [0.1, 0.15) is 0 Å². The lowest BCUT2D eigenvalue weighted by molar-refractivity contribution is 1.07. The highest BCUT2D eigenvalue weighted by Gasteiger charge is 2.22. The molecule has 9 aromatic carbocycles. The van der Waals surface area contributed by atoms with Crippen molar-refractivity contribution in [3.63, 3.8) is 0 Å². The molecule has 0 aliphatic heterocycles. The summed E-state index contributed by atoms with van der Waals surface area (Å²) in [6.45, 7) is 0. The van der Waals surface area contributed by atoms with Gasteiger partial charge in [0.1, 0.15) is 5.82 Å². The quantitative estimate of drug-likeness (QED) is 0.160. The van der Waals surface area contributed by atoms with E-state index in [0.717, 1.165) is 99.8 Å². The molecular formula is C58H37N7. The fraction of sp³-hybridized carbons (Fsp3) is 0. The highest BCUT2D eigenvalue weighted by molar-refractivity contribution is 6.20. The van der Waals surface area contributed by atoms with Crippen LogP contribution in [0.2, 0.25) is 0 Å². The number of rotatable bonds is 7. The number of fused-ring (bicyclic) bond motifs is 7. The lowest BCUT2D eigenvalue weighted by Crippen LogP contribution is -2.00. The zero-order chi connectivity index (χ0) is 42.8. The van der Waals surface area contributed by atoms with E-state index in [1.54, 1.807) is 0 Å². The third-order valence-electron chi connectivity index (χ3n) is 12.5. The van der Waals surface area contributed by atoms with Crippen LogP contribution in [0.15, 0.2) is 224 Å². The number of imidazole rings is 1. The van der Waals surface area contributed by atoms with Gasteiger partial charge in [-0.3, -0.25) is 4.57 Å². The molecule has 0 aliphatic carbocycles. The van der Waals surface area contributed by atoms with E-state index >= 15 is 0 Å². The van der Waals surface area contributed by atoms with E-state index < -0.39 is 0 Å². The Morgan fingerprint density at radius 3 is 1.26 bits per heavy atom. The maximum absolute atomic E-state index is 5.18. The molecular weight excluding hydrogens is 795 g/mol. The lowest BCUT2D eigenvalue weighted by Gasteiger charge is -2.11. The Morgan fingerprint density at radius 1 is 0.246 bits per heavy atom. The summed E-state index contributed by atoms with van der Waals surface area (Å²) in [7, 11) is 0.